The highest BCUT2D eigenvalue weighted by atomic mass is 16.5. The average Bonchev–Trinajstić information content (AvgIpc) is 2.46. The molecule has 3 rings (SSSR count). The van der Waals surface area contributed by atoms with Crippen LogP contribution in [0.25, 0.3) is 5.57 Å². The molecule has 2 aromatic rings. The van der Waals surface area contributed by atoms with Gasteiger partial charge in [-0.2, -0.15) is 0 Å². The molecule has 0 amide bonds. The Balaban J connectivity index is 2.12. The molecule has 0 saturated heterocycles. The van der Waals surface area contributed by atoms with Crippen molar-refractivity contribution in [1.29, 1.82) is 0 Å². The van der Waals surface area contributed by atoms with Gasteiger partial charge in [0.15, 0.2) is 0 Å². The third-order valence-electron chi connectivity index (χ3n) is 3.46. The van der Waals surface area contributed by atoms with E-state index in [1.165, 1.54) is 22.3 Å². The van der Waals surface area contributed by atoms with Crippen LogP contribution in [0.1, 0.15) is 16.7 Å². The Morgan fingerprint density at radius 2 is 1.89 bits per heavy atom. The zero-order valence-corrected chi connectivity index (χ0v) is 11.3. The molecule has 2 heteroatoms. The predicted octanol–water partition coefficient (Wildman–Crippen LogP) is 3.53. The Morgan fingerprint density at radius 1 is 1.05 bits per heavy atom. The van der Waals surface area contributed by atoms with Gasteiger partial charge in [-0.15, -0.1) is 0 Å². The Morgan fingerprint density at radius 3 is 2.74 bits per heavy atom. The Hall–Kier alpha value is -2.22. The molecule has 0 bridgehead atoms. The normalized spacial score (nSPS) is 13.8. The van der Waals surface area contributed by atoms with Crippen molar-refractivity contribution in [2.75, 3.05) is 14.2 Å². The lowest BCUT2D eigenvalue weighted by Crippen LogP contribution is -2.17. The molecule has 19 heavy (non-hydrogen) atoms. The van der Waals surface area contributed by atoms with Crippen molar-refractivity contribution in [3.8, 4) is 5.75 Å². The summed E-state index contributed by atoms with van der Waals surface area (Å²) in [5, 5.41) is 0. The number of hydrogen-bond acceptors (Lipinski definition) is 2. The van der Waals surface area contributed by atoms with Crippen molar-refractivity contribution in [3.63, 3.8) is 0 Å². The number of nitrogens with zero attached hydrogens (tertiary/aromatic N) is 1. The quantitative estimate of drug-likeness (QED) is 0.809. The van der Waals surface area contributed by atoms with Gasteiger partial charge in [-0.05, 0) is 28.8 Å². The predicted molar refractivity (Wildman–Crippen MR) is 78.0 cm³/mol. The van der Waals surface area contributed by atoms with E-state index in [1.807, 2.05) is 12.1 Å². The third kappa shape index (κ3) is 2.22. The highest BCUT2D eigenvalue weighted by Crippen LogP contribution is 2.32. The summed E-state index contributed by atoms with van der Waals surface area (Å²) in [5.41, 5.74) is 5.13. The molecule has 0 atom stereocenters. The molecule has 1 aliphatic heterocycles. The maximum absolute atomic E-state index is 5.32. The first-order valence-electron chi connectivity index (χ1n) is 6.42. The summed E-state index contributed by atoms with van der Waals surface area (Å²) in [6.45, 7) is 0.962. The van der Waals surface area contributed by atoms with Crippen LogP contribution in [-0.2, 0) is 6.54 Å². The molecule has 0 fully saturated rings. The summed E-state index contributed by atoms with van der Waals surface area (Å²) in [6.07, 6.45) is 2.21. The molecule has 0 radical (unpaired) electrons. The SMILES string of the molecule is COc1cccc(C2=CN(C)Cc3ccccc32)c1. The maximum Gasteiger partial charge on any atom is 0.119 e. The van der Waals surface area contributed by atoms with Gasteiger partial charge in [0.05, 0.1) is 7.11 Å². The van der Waals surface area contributed by atoms with Gasteiger partial charge in [0.1, 0.15) is 5.75 Å². The topological polar surface area (TPSA) is 12.5 Å². The van der Waals surface area contributed by atoms with E-state index in [4.69, 9.17) is 4.74 Å². The van der Waals surface area contributed by atoms with Crippen LogP contribution in [-0.4, -0.2) is 19.1 Å². The molecule has 0 saturated carbocycles. The smallest absolute Gasteiger partial charge is 0.119 e. The fourth-order valence-corrected chi connectivity index (χ4v) is 2.55. The minimum absolute atomic E-state index is 0.893. The molecule has 1 heterocycles. The van der Waals surface area contributed by atoms with Crippen LogP contribution in [0, 0.1) is 0 Å². The second kappa shape index (κ2) is 4.81. The second-order valence-corrected chi connectivity index (χ2v) is 4.85. The first-order chi connectivity index (χ1) is 9.28. The van der Waals surface area contributed by atoms with Crippen LogP contribution in [0.3, 0.4) is 0 Å². The van der Waals surface area contributed by atoms with E-state index in [1.54, 1.807) is 7.11 Å². The number of benzene rings is 2. The summed E-state index contributed by atoms with van der Waals surface area (Å²) in [6, 6.07) is 16.8. The molecule has 96 valence electrons. The van der Waals surface area contributed by atoms with E-state index < -0.39 is 0 Å². The van der Waals surface area contributed by atoms with Crippen molar-refractivity contribution in [2.45, 2.75) is 6.54 Å². The molecule has 2 aromatic carbocycles. The highest BCUT2D eigenvalue weighted by molar-refractivity contribution is 5.82. The van der Waals surface area contributed by atoms with Gasteiger partial charge in [0, 0.05) is 25.4 Å². The van der Waals surface area contributed by atoms with E-state index in [0.717, 1.165) is 12.3 Å². The van der Waals surface area contributed by atoms with Crippen LogP contribution in [0.5, 0.6) is 5.75 Å². The average molecular weight is 251 g/mol. The Labute approximate surface area is 113 Å². The number of fused-ring (bicyclic) bond motifs is 1. The van der Waals surface area contributed by atoms with Crippen LogP contribution in [0.15, 0.2) is 54.7 Å². The van der Waals surface area contributed by atoms with Gasteiger partial charge in [-0.3, -0.25) is 0 Å². The molecule has 0 spiro atoms. The van der Waals surface area contributed by atoms with Crippen molar-refractivity contribution in [2.24, 2.45) is 0 Å². The Bertz CT molecular complexity index is 631. The van der Waals surface area contributed by atoms with E-state index in [9.17, 15) is 0 Å². The zero-order chi connectivity index (χ0) is 13.2. The van der Waals surface area contributed by atoms with Crippen molar-refractivity contribution in [3.05, 3.63) is 71.4 Å². The van der Waals surface area contributed by atoms with Gasteiger partial charge >= 0.3 is 0 Å². The molecule has 2 nitrogen and oxygen atoms in total. The van der Waals surface area contributed by atoms with Gasteiger partial charge in [0.2, 0.25) is 0 Å². The van der Waals surface area contributed by atoms with Gasteiger partial charge in [0.25, 0.3) is 0 Å². The van der Waals surface area contributed by atoms with Gasteiger partial charge in [-0.25, -0.2) is 0 Å². The second-order valence-electron chi connectivity index (χ2n) is 4.85. The Kier molecular flexibility index (Phi) is 3.00. The third-order valence-corrected chi connectivity index (χ3v) is 3.46. The van der Waals surface area contributed by atoms with Crippen molar-refractivity contribution < 1.29 is 4.74 Å². The standard InChI is InChI=1S/C17H17NO/c1-18-11-14-6-3-4-9-16(14)17(12-18)13-7-5-8-15(10-13)19-2/h3-10,12H,11H2,1-2H3. The van der Waals surface area contributed by atoms with Crippen molar-refractivity contribution in [1.82, 2.24) is 4.90 Å². The number of methoxy groups -OCH3 is 1. The largest absolute Gasteiger partial charge is 0.497 e. The summed E-state index contributed by atoms with van der Waals surface area (Å²) in [5.74, 6) is 0.893. The van der Waals surface area contributed by atoms with E-state index in [-0.39, 0.29) is 0 Å². The number of rotatable bonds is 2. The molecule has 0 N–H and O–H groups in total. The maximum atomic E-state index is 5.32. The monoisotopic (exact) mass is 251 g/mol. The van der Waals surface area contributed by atoms with E-state index in [0.29, 0.717) is 0 Å². The molecule has 0 aromatic heterocycles. The fraction of sp³-hybridized carbons (Fsp3) is 0.176. The van der Waals surface area contributed by atoms with Crippen LogP contribution >= 0.6 is 0 Å². The van der Waals surface area contributed by atoms with Crippen LogP contribution in [0.2, 0.25) is 0 Å². The van der Waals surface area contributed by atoms with Crippen LogP contribution < -0.4 is 4.74 Å². The molecular formula is C17H17NO. The number of hydrogen-bond donors (Lipinski definition) is 0. The summed E-state index contributed by atoms with van der Waals surface area (Å²) >= 11 is 0. The summed E-state index contributed by atoms with van der Waals surface area (Å²) < 4.78 is 5.32. The minimum Gasteiger partial charge on any atom is -0.497 e. The van der Waals surface area contributed by atoms with E-state index >= 15 is 0 Å². The minimum atomic E-state index is 0.893. The first-order valence-corrected chi connectivity index (χ1v) is 6.42. The first kappa shape index (κ1) is 11.8. The summed E-state index contributed by atoms with van der Waals surface area (Å²) in [7, 11) is 3.81. The molecular weight excluding hydrogens is 234 g/mol. The molecule has 0 unspecified atom stereocenters. The number of ether oxygens (including phenoxy) is 1. The lowest BCUT2D eigenvalue weighted by atomic mass is 9.92. The molecule has 0 aliphatic carbocycles. The molecule has 1 aliphatic rings. The lowest BCUT2D eigenvalue weighted by molar-refractivity contribution is 0.414. The van der Waals surface area contributed by atoms with E-state index in [2.05, 4.69) is 54.5 Å². The fourth-order valence-electron chi connectivity index (χ4n) is 2.55. The zero-order valence-electron chi connectivity index (χ0n) is 11.3. The summed E-state index contributed by atoms with van der Waals surface area (Å²) in [4.78, 5) is 2.22. The van der Waals surface area contributed by atoms with Gasteiger partial charge in [-0.1, -0.05) is 36.4 Å². The highest BCUT2D eigenvalue weighted by Gasteiger charge is 2.16. The van der Waals surface area contributed by atoms with Crippen molar-refractivity contribution >= 4 is 5.57 Å². The van der Waals surface area contributed by atoms with Gasteiger partial charge < -0.3 is 9.64 Å². The lowest BCUT2D eigenvalue weighted by Gasteiger charge is -2.26. The van der Waals surface area contributed by atoms with Crippen LogP contribution in [0.4, 0.5) is 0 Å².